The average molecular weight is 278 g/mol. The molecular formula is C16H23FN2O. The van der Waals surface area contributed by atoms with Crippen molar-refractivity contribution in [3.8, 4) is 0 Å². The third-order valence-electron chi connectivity index (χ3n) is 4.91. The number of nitrogens with zero attached hydrogens (tertiary/aromatic N) is 2. The standard InChI is InChI=1S/C16H23FN2O/c17-13-5-6-14(18-11-13)16(20)8-10-19-9-7-12-3-1-2-4-15(12)19/h5-6,11-12,15-16,20H,1-4,7-10H2. The molecule has 0 aromatic carbocycles. The summed E-state index contributed by atoms with van der Waals surface area (Å²) in [6.45, 7) is 2.08. The van der Waals surface area contributed by atoms with Crippen molar-refractivity contribution >= 4 is 0 Å². The molecule has 0 radical (unpaired) electrons. The Morgan fingerprint density at radius 1 is 1.30 bits per heavy atom. The summed E-state index contributed by atoms with van der Waals surface area (Å²) in [6.07, 6.45) is 8.01. The molecule has 1 saturated heterocycles. The molecule has 2 aliphatic rings. The van der Waals surface area contributed by atoms with Crippen LogP contribution in [0.3, 0.4) is 0 Å². The highest BCUT2D eigenvalue weighted by molar-refractivity contribution is 5.08. The van der Waals surface area contributed by atoms with Gasteiger partial charge in [0.25, 0.3) is 0 Å². The number of hydrogen-bond donors (Lipinski definition) is 1. The summed E-state index contributed by atoms with van der Waals surface area (Å²) >= 11 is 0. The van der Waals surface area contributed by atoms with Crippen LogP contribution in [0.4, 0.5) is 4.39 Å². The molecule has 20 heavy (non-hydrogen) atoms. The lowest BCUT2D eigenvalue weighted by molar-refractivity contribution is 0.120. The molecule has 110 valence electrons. The number of halogens is 1. The summed E-state index contributed by atoms with van der Waals surface area (Å²) in [4.78, 5) is 6.50. The van der Waals surface area contributed by atoms with Crippen LogP contribution >= 0.6 is 0 Å². The minimum atomic E-state index is -0.585. The van der Waals surface area contributed by atoms with Crippen LogP contribution in [-0.2, 0) is 0 Å². The largest absolute Gasteiger partial charge is 0.387 e. The van der Waals surface area contributed by atoms with Crippen molar-refractivity contribution in [2.75, 3.05) is 13.1 Å². The van der Waals surface area contributed by atoms with E-state index in [1.54, 1.807) is 6.07 Å². The van der Waals surface area contributed by atoms with Crippen LogP contribution in [0.25, 0.3) is 0 Å². The van der Waals surface area contributed by atoms with Crippen molar-refractivity contribution in [1.29, 1.82) is 0 Å². The van der Waals surface area contributed by atoms with Crippen LogP contribution in [0.2, 0.25) is 0 Å². The molecule has 0 bridgehead atoms. The Bertz CT molecular complexity index is 437. The van der Waals surface area contributed by atoms with E-state index < -0.39 is 6.10 Å². The maximum Gasteiger partial charge on any atom is 0.141 e. The zero-order chi connectivity index (χ0) is 13.9. The highest BCUT2D eigenvalue weighted by atomic mass is 19.1. The van der Waals surface area contributed by atoms with Crippen molar-refractivity contribution in [2.24, 2.45) is 5.92 Å². The summed E-state index contributed by atoms with van der Waals surface area (Å²) in [6, 6.07) is 3.67. The highest BCUT2D eigenvalue weighted by Gasteiger charge is 2.35. The monoisotopic (exact) mass is 278 g/mol. The highest BCUT2D eigenvalue weighted by Crippen LogP contribution is 2.36. The fourth-order valence-corrected chi connectivity index (χ4v) is 3.80. The van der Waals surface area contributed by atoms with E-state index in [1.807, 2.05) is 0 Å². The number of pyridine rings is 1. The molecule has 3 rings (SSSR count). The van der Waals surface area contributed by atoms with E-state index in [2.05, 4.69) is 9.88 Å². The topological polar surface area (TPSA) is 36.4 Å². The second kappa shape index (κ2) is 6.19. The van der Waals surface area contributed by atoms with Gasteiger partial charge in [0.1, 0.15) is 5.82 Å². The first-order chi connectivity index (χ1) is 9.74. The first-order valence-electron chi connectivity index (χ1n) is 7.77. The van der Waals surface area contributed by atoms with E-state index >= 15 is 0 Å². The van der Waals surface area contributed by atoms with Gasteiger partial charge in [0.15, 0.2) is 0 Å². The lowest BCUT2D eigenvalue weighted by atomic mass is 9.85. The Hall–Kier alpha value is -1.00. The van der Waals surface area contributed by atoms with E-state index in [9.17, 15) is 9.50 Å². The molecule has 1 N–H and O–H groups in total. The third kappa shape index (κ3) is 3.01. The van der Waals surface area contributed by atoms with Gasteiger partial charge in [0.2, 0.25) is 0 Å². The van der Waals surface area contributed by atoms with Crippen LogP contribution in [0, 0.1) is 11.7 Å². The molecule has 2 fully saturated rings. The molecule has 3 unspecified atom stereocenters. The van der Waals surface area contributed by atoms with Gasteiger partial charge in [0.05, 0.1) is 18.0 Å². The molecule has 0 spiro atoms. The van der Waals surface area contributed by atoms with Gasteiger partial charge in [-0.25, -0.2) is 4.39 Å². The van der Waals surface area contributed by atoms with Crippen molar-refractivity contribution in [3.05, 3.63) is 29.8 Å². The molecule has 1 aromatic rings. The van der Waals surface area contributed by atoms with Crippen LogP contribution in [-0.4, -0.2) is 34.1 Å². The fourth-order valence-electron chi connectivity index (χ4n) is 3.80. The quantitative estimate of drug-likeness (QED) is 0.920. The summed E-state index contributed by atoms with van der Waals surface area (Å²) in [5.74, 6) is 0.523. The molecule has 3 nitrogen and oxygen atoms in total. The Morgan fingerprint density at radius 3 is 2.95 bits per heavy atom. The molecule has 2 heterocycles. The second-order valence-electron chi connectivity index (χ2n) is 6.14. The summed E-state index contributed by atoms with van der Waals surface area (Å²) in [5.41, 5.74) is 0.575. The zero-order valence-electron chi connectivity index (χ0n) is 11.8. The summed E-state index contributed by atoms with van der Waals surface area (Å²) in [7, 11) is 0. The SMILES string of the molecule is OC(CCN1CCC2CCCCC21)c1ccc(F)cn1. The van der Waals surface area contributed by atoms with Gasteiger partial charge in [-0.2, -0.15) is 0 Å². The average Bonchev–Trinajstić information content (AvgIpc) is 2.89. The minimum Gasteiger partial charge on any atom is -0.387 e. The van der Waals surface area contributed by atoms with Crippen LogP contribution in [0.5, 0.6) is 0 Å². The molecule has 1 aliphatic heterocycles. The number of aromatic nitrogens is 1. The van der Waals surface area contributed by atoms with Gasteiger partial charge < -0.3 is 5.11 Å². The van der Waals surface area contributed by atoms with Gasteiger partial charge in [0, 0.05) is 12.6 Å². The molecule has 0 amide bonds. The number of fused-ring (bicyclic) bond motifs is 1. The molecular weight excluding hydrogens is 255 g/mol. The van der Waals surface area contributed by atoms with E-state index in [1.165, 1.54) is 50.9 Å². The summed E-state index contributed by atoms with van der Waals surface area (Å²) in [5, 5.41) is 10.2. The normalized spacial score (nSPS) is 28.3. The Balaban J connectivity index is 1.52. The predicted molar refractivity (Wildman–Crippen MR) is 75.7 cm³/mol. The Morgan fingerprint density at radius 2 is 2.15 bits per heavy atom. The smallest absolute Gasteiger partial charge is 0.141 e. The van der Waals surface area contributed by atoms with E-state index in [4.69, 9.17) is 0 Å². The van der Waals surface area contributed by atoms with Gasteiger partial charge in [-0.05, 0) is 50.3 Å². The second-order valence-corrected chi connectivity index (χ2v) is 6.14. The van der Waals surface area contributed by atoms with Gasteiger partial charge >= 0.3 is 0 Å². The number of rotatable bonds is 4. The lowest BCUT2D eigenvalue weighted by Gasteiger charge is -2.32. The predicted octanol–water partition coefficient (Wildman–Crippen LogP) is 2.91. The first-order valence-corrected chi connectivity index (χ1v) is 7.77. The Labute approximate surface area is 119 Å². The molecule has 1 aromatic heterocycles. The third-order valence-corrected chi connectivity index (χ3v) is 4.91. The molecule has 1 aliphatic carbocycles. The van der Waals surface area contributed by atoms with Crippen LogP contribution < -0.4 is 0 Å². The maximum atomic E-state index is 12.8. The van der Waals surface area contributed by atoms with Crippen LogP contribution in [0.1, 0.15) is 50.3 Å². The maximum absolute atomic E-state index is 12.8. The van der Waals surface area contributed by atoms with E-state index in [0.717, 1.165) is 18.5 Å². The van der Waals surface area contributed by atoms with Crippen molar-refractivity contribution in [3.63, 3.8) is 0 Å². The van der Waals surface area contributed by atoms with Gasteiger partial charge in [-0.1, -0.05) is 12.8 Å². The number of aliphatic hydroxyl groups is 1. The summed E-state index contributed by atoms with van der Waals surface area (Å²) < 4.78 is 12.8. The lowest BCUT2D eigenvalue weighted by Crippen LogP contribution is -2.35. The molecule has 4 heteroatoms. The number of aliphatic hydroxyl groups excluding tert-OH is 1. The molecule has 1 saturated carbocycles. The van der Waals surface area contributed by atoms with E-state index in [-0.39, 0.29) is 5.82 Å². The number of likely N-dealkylation sites (tertiary alicyclic amines) is 1. The van der Waals surface area contributed by atoms with Crippen molar-refractivity contribution < 1.29 is 9.50 Å². The van der Waals surface area contributed by atoms with Gasteiger partial charge in [-0.3, -0.25) is 9.88 Å². The molecule has 3 atom stereocenters. The van der Waals surface area contributed by atoms with Gasteiger partial charge in [-0.15, -0.1) is 0 Å². The van der Waals surface area contributed by atoms with Crippen molar-refractivity contribution in [1.82, 2.24) is 9.88 Å². The van der Waals surface area contributed by atoms with E-state index in [0.29, 0.717) is 12.1 Å². The fraction of sp³-hybridized carbons (Fsp3) is 0.688. The Kier molecular flexibility index (Phi) is 4.32. The minimum absolute atomic E-state index is 0.356. The van der Waals surface area contributed by atoms with Crippen LogP contribution in [0.15, 0.2) is 18.3 Å². The van der Waals surface area contributed by atoms with Crippen molar-refractivity contribution in [2.45, 2.75) is 50.7 Å². The number of hydrogen-bond acceptors (Lipinski definition) is 3. The zero-order valence-corrected chi connectivity index (χ0v) is 11.8. The first kappa shape index (κ1) is 14.0.